The van der Waals surface area contributed by atoms with Crippen molar-refractivity contribution in [2.45, 2.75) is 303 Å². The summed E-state index contributed by atoms with van der Waals surface area (Å²) in [4.78, 5) is 12.6. The number of aryl methyl sites for hydroxylation is 8. The van der Waals surface area contributed by atoms with Crippen molar-refractivity contribution >= 4 is 0 Å². The van der Waals surface area contributed by atoms with Crippen molar-refractivity contribution in [2.24, 2.45) is 0 Å². The van der Waals surface area contributed by atoms with Gasteiger partial charge in [0.25, 0.3) is 0 Å². The number of halogens is 3. The molecule has 6 heteroatoms. The Morgan fingerprint density at radius 3 is 0.845 bits per heavy atom. The predicted octanol–water partition coefficient (Wildman–Crippen LogP) is 25.4. The summed E-state index contributed by atoms with van der Waals surface area (Å²) in [7, 11) is 0. The second-order valence-corrected chi connectivity index (χ2v) is 25.8. The van der Waals surface area contributed by atoms with Gasteiger partial charge in [0.1, 0.15) is 17.5 Å². The number of hydrogen-bond donors (Lipinski definition) is 0. The molecule has 0 fully saturated rings. The van der Waals surface area contributed by atoms with Crippen LogP contribution in [-0.4, -0.2) is 15.0 Å². The smallest absolute Gasteiger partial charge is 0.144 e. The van der Waals surface area contributed by atoms with E-state index in [1.807, 2.05) is 144 Å². The molecule has 0 saturated carbocycles. The molecule has 84 heavy (non-hydrogen) atoms. The molecule has 3 aromatic heterocycles. The van der Waals surface area contributed by atoms with E-state index in [1.54, 1.807) is 19.2 Å². The van der Waals surface area contributed by atoms with Gasteiger partial charge < -0.3 is 0 Å². The Labute approximate surface area is 520 Å². The lowest BCUT2D eigenvalue weighted by atomic mass is 9.85. The van der Waals surface area contributed by atoms with E-state index >= 15 is 0 Å². The summed E-state index contributed by atoms with van der Waals surface area (Å²) >= 11 is 0. The summed E-state index contributed by atoms with van der Waals surface area (Å²) in [5.74, 6) is -1.16. The number of rotatable bonds is 0. The maximum absolute atomic E-state index is 13.1. The Morgan fingerprint density at radius 1 is 0.262 bits per heavy atom. The molecular weight excluding hydrogens is 1040 g/mol. The summed E-state index contributed by atoms with van der Waals surface area (Å²) in [5, 5.41) is 0. The normalized spacial score (nSPS) is 10.5. The zero-order chi connectivity index (χ0) is 68.1. The molecular formula is C78H132F3N3. The minimum atomic E-state index is -0.468. The van der Waals surface area contributed by atoms with E-state index in [4.69, 9.17) is 0 Å². The van der Waals surface area contributed by atoms with Crippen LogP contribution in [0.15, 0.2) is 91.4 Å². The highest BCUT2D eigenvalue weighted by Gasteiger charge is 2.19. The molecule has 0 unspecified atom stereocenters. The minimum absolute atomic E-state index is 0.0263. The first kappa shape index (κ1) is 90.1. The third-order valence-electron chi connectivity index (χ3n) is 12.7. The second-order valence-electron chi connectivity index (χ2n) is 25.8. The van der Waals surface area contributed by atoms with Gasteiger partial charge in [0.15, 0.2) is 0 Å². The largest absolute Gasteiger partial charge is 0.261 e. The number of hydrogen-bond acceptors (Lipinski definition) is 3. The molecule has 0 aliphatic heterocycles. The summed E-state index contributed by atoms with van der Waals surface area (Å²) < 4.78 is 39.3. The van der Waals surface area contributed by atoms with Crippen molar-refractivity contribution in [3.8, 4) is 0 Å². The van der Waals surface area contributed by atoms with Gasteiger partial charge in [0.2, 0.25) is 0 Å². The lowest BCUT2D eigenvalue weighted by Gasteiger charge is -2.19. The van der Waals surface area contributed by atoms with Crippen molar-refractivity contribution in [1.29, 1.82) is 0 Å². The maximum atomic E-state index is 13.1. The summed E-state index contributed by atoms with van der Waals surface area (Å²) in [6.45, 7) is 80.5. The van der Waals surface area contributed by atoms with E-state index < -0.39 is 11.6 Å². The molecule has 480 valence electrons. The fraction of sp³-hybridized carbons (Fsp3) is 0.577. The molecule has 0 spiro atoms. The second kappa shape index (κ2) is 43.5. The Hall–Kier alpha value is -5.10. The molecule has 0 N–H and O–H groups in total. The van der Waals surface area contributed by atoms with E-state index in [9.17, 15) is 13.2 Å². The fourth-order valence-corrected chi connectivity index (χ4v) is 6.36. The highest BCUT2D eigenvalue weighted by atomic mass is 19.1. The van der Waals surface area contributed by atoms with Crippen LogP contribution >= 0.6 is 0 Å². The van der Waals surface area contributed by atoms with Gasteiger partial charge >= 0.3 is 0 Å². The maximum Gasteiger partial charge on any atom is 0.144 e. The summed E-state index contributed by atoms with van der Waals surface area (Å²) in [6.07, 6.45) is 5.64. The summed E-state index contributed by atoms with van der Waals surface area (Å²) in [6, 6.07) is 24.2. The number of pyridine rings is 3. The third-order valence-corrected chi connectivity index (χ3v) is 12.7. The zero-order valence-corrected chi connectivity index (χ0v) is 62.1. The van der Waals surface area contributed by atoms with Gasteiger partial charge in [-0.2, -0.15) is 0 Å². The molecule has 0 atom stereocenters. The first-order valence-corrected chi connectivity index (χ1v) is 31.6. The van der Waals surface area contributed by atoms with Crippen LogP contribution in [0.3, 0.4) is 0 Å². The van der Waals surface area contributed by atoms with Crippen LogP contribution in [-0.2, 0) is 32.5 Å². The lowest BCUT2D eigenvalue weighted by molar-refractivity contribution is 0.536. The fourth-order valence-electron chi connectivity index (χ4n) is 6.36. The molecule has 3 aromatic carbocycles. The standard InChI is InChI=1S/2C12H18.C11H14F2.C11H17N.C10H14FN.C10H15N.6C2H6/c2*1-9-6-7-11(8-10(9)2)12(3,4)5;1-7-9(12)5-8(6-10(7)13)11(2,3)4;1-8-6-10(11(3,4)5)12-7-9(8)2;1-7-9(11)5-8(6-12-7)10(2,3)4;1-8-5-6-9(7-11-8)10(2,3)4;6*1-2/h2*6-8H,1-5H3;5-6H,1-4H3;6-7H,1-5H3;5-6H,1-4H3;5-7H,1-4H3;6*1-2H3. The van der Waals surface area contributed by atoms with Gasteiger partial charge in [-0.15, -0.1) is 0 Å². The van der Waals surface area contributed by atoms with Crippen molar-refractivity contribution in [3.63, 3.8) is 0 Å². The van der Waals surface area contributed by atoms with Crippen molar-refractivity contribution in [1.82, 2.24) is 15.0 Å². The Bertz CT molecular complexity index is 2360. The van der Waals surface area contributed by atoms with Gasteiger partial charge in [-0.1, -0.05) is 250 Å². The molecule has 0 aliphatic carbocycles. The molecule has 6 rings (SSSR count). The molecule has 0 bridgehead atoms. The van der Waals surface area contributed by atoms with Crippen molar-refractivity contribution in [2.75, 3.05) is 0 Å². The zero-order valence-electron chi connectivity index (χ0n) is 62.1. The van der Waals surface area contributed by atoms with Crippen LogP contribution < -0.4 is 0 Å². The topological polar surface area (TPSA) is 38.7 Å². The Kier molecular flexibility index (Phi) is 46.7. The van der Waals surface area contributed by atoms with E-state index in [2.05, 4.69) is 194 Å². The molecule has 6 aromatic rings. The molecule has 3 heterocycles. The first-order valence-electron chi connectivity index (χ1n) is 31.6. The number of benzene rings is 3. The Morgan fingerprint density at radius 2 is 0.571 bits per heavy atom. The minimum Gasteiger partial charge on any atom is -0.261 e. The number of nitrogens with zero attached hydrogens (tertiary/aromatic N) is 3. The molecule has 0 amide bonds. The van der Waals surface area contributed by atoms with Crippen LogP contribution in [0, 0.1) is 79.8 Å². The van der Waals surface area contributed by atoms with Crippen LogP contribution in [0.2, 0.25) is 0 Å². The van der Waals surface area contributed by atoms with Gasteiger partial charge in [-0.25, -0.2) is 13.2 Å². The monoisotopic (exact) mass is 1170 g/mol. The Balaban J connectivity index is -0.000000209. The first-order chi connectivity index (χ1) is 38.5. The third kappa shape index (κ3) is 37.4. The van der Waals surface area contributed by atoms with Gasteiger partial charge in [0.05, 0.1) is 5.69 Å². The average molecular weight is 1170 g/mol. The van der Waals surface area contributed by atoms with E-state index in [0.29, 0.717) is 11.3 Å². The van der Waals surface area contributed by atoms with Crippen molar-refractivity contribution in [3.05, 3.63) is 193 Å². The van der Waals surface area contributed by atoms with Crippen LogP contribution in [0.25, 0.3) is 0 Å². The lowest BCUT2D eigenvalue weighted by Crippen LogP contribution is -2.13. The molecule has 0 aliphatic rings. The highest BCUT2D eigenvalue weighted by molar-refractivity contribution is 5.35. The summed E-state index contributed by atoms with van der Waals surface area (Å²) in [5.41, 5.74) is 17.4. The van der Waals surface area contributed by atoms with Crippen LogP contribution in [0.1, 0.15) is 292 Å². The number of aromatic nitrogens is 3. The van der Waals surface area contributed by atoms with E-state index in [1.165, 1.54) is 74.8 Å². The molecule has 0 saturated heterocycles. The molecule has 3 nitrogen and oxygen atoms in total. The SMILES string of the molecule is CC.CC.CC.CC.CC.CC.Cc1c(F)cc(C(C)(C)C)cc1F.Cc1ccc(C(C)(C)C)cc1C.Cc1ccc(C(C)(C)C)cc1C.Cc1ccc(C(C)(C)C)cn1.Cc1cnc(C(C)(C)C)cc1C.Cc1ncc(C(C)(C)C)cc1F. The molecule has 0 radical (unpaired) electrons. The predicted molar refractivity (Wildman–Crippen MR) is 375 cm³/mol. The quantitative estimate of drug-likeness (QED) is 0.152. The highest BCUT2D eigenvalue weighted by Crippen LogP contribution is 2.28. The van der Waals surface area contributed by atoms with Gasteiger partial charge in [-0.3, -0.25) is 15.0 Å². The van der Waals surface area contributed by atoms with Gasteiger partial charge in [0, 0.05) is 41.0 Å². The van der Waals surface area contributed by atoms with Crippen molar-refractivity contribution < 1.29 is 13.2 Å². The van der Waals surface area contributed by atoms with Crippen LogP contribution in [0.5, 0.6) is 0 Å². The van der Waals surface area contributed by atoms with Crippen LogP contribution in [0.4, 0.5) is 13.2 Å². The van der Waals surface area contributed by atoms with E-state index in [-0.39, 0.29) is 43.9 Å². The average Bonchev–Trinajstić information content (AvgIpc) is 3.48. The van der Waals surface area contributed by atoms with Gasteiger partial charge in [-0.05, 0) is 181 Å². The van der Waals surface area contributed by atoms with E-state index in [0.717, 1.165) is 11.3 Å².